The van der Waals surface area contributed by atoms with Gasteiger partial charge in [-0.25, -0.2) is 0 Å². The molecule has 0 fully saturated rings. The van der Waals surface area contributed by atoms with Gasteiger partial charge in [-0.1, -0.05) is 170 Å². The molecular weight excluding hydrogens is 603 g/mol. The lowest BCUT2D eigenvalue weighted by Gasteiger charge is -2.30. The number of fused-ring (bicyclic) bond motifs is 10. The van der Waals surface area contributed by atoms with Crippen molar-refractivity contribution in [1.82, 2.24) is 0 Å². The second-order valence-corrected chi connectivity index (χ2v) is 13.2. The molecule has 10 rings (SSSR count). The molecule has 0 amide bonds. The fourth-order valence-electron chi connectivity index (χ4n) is 8.80. The van der Waals surface area contributed by atoms with E-state index < -0.39 is 0 Å². The Morgan fingerprint density at radius 1 is 0.260 bits per heavy atom. The molecule has 0 unspecified atom stereocenters. The summed E-state index contributed by atoms with van der Waals surface area (Å²) >= 11 is 0. The average Bonchev–Trinajstić information content (AvgIpc) is 3.67. The van der Waals surface area contributed by atoms with Crippen molar-refractivity contribution in [2.75, 3.05) is 4.90 Å². The Morgan fingerprint density at radius 2 is 0.640 bits per heavy atom. The summed E-state index contributed by atoms with van der Waals surface area (Å²) in [5.41, 5.74) is 18.6. The van der Waals surface area contributed by atoms with E-state index in [1.165, 1.54) is 66.8 Å². The van der Waals surface area contributed by atoms with E-state index in [0.29, 0.717) is 0 Å². The fraction of sp³-hybridized carbons (Fsp3) is 0.0204. The Kier molecular flexibility index (Phi) is 6.47. The predicted molar refractivity (Wildman–Crippen MR) is 208 cm³/mol. The summed E-state index contributed by atoms with van der Waals surface area (Å²) in [5.74, 6) is 0. The van der Waals surface area contributed by atoms with Gasteiger partial charge in [-0.05, 0) is 91.5 Å². The van der Waals surface area contributed by atoms with Gasteiger partial charge in [0, 0.05) is 16.9 Å². The molecule has 0 N–H and O–H groups in total. The van der Waals surface area contributed by atoms with Crippen molar-refractivity contribution >= 4 is 17.1 Å². The second kappa shape index (κ2) is 11.3. The Balaban J connectivity index is 1.24. The molecule has 0 atom stereocenters. The number of anilines is 3. The zero-order valence-electron chi connectivity index (χ0n) is 27.5. The molecule has 0 saturated heterocycles. The van der Waals surface area contributed by atoms with Gasteiger partial charge >= 0.3 is 0 Å². The van der Waals surface area contributed by atoms with E-state index in [1.54, 1.807) is 0 Å². The molecule has 0 bridgehead atoms. The minimum absolute atomic E-state index is 0.376. The van der Waals surface area contributed by atoms with Crippen molar-refractivity contribution in [3.63, 3.8) is 0 Å². The maximum Gasteiger partial charge on any atom is 0.0725 e. The smallest absolute Gasteiger partial charge is 0.0725 e. The first kappa shape index (κ1) is 28.6. The topological polar surface area (TPSA) is 3.24 Å². The molecule has 8 aromatic rings. The fourth-order valence-corrected chi connectivity index (χ4v) is 8.80. The predicted octanol–water partition coefficient (Wildman–Crippen LogP) is 12.8. The summed E-state index contributed by atoms with van der Waals surface area (Å²) in [4.78, 5) is 2.37. The maximum atomic E-state index is 2.38. The van der Waals surface area contributed by atoms with Crippen molar-refractivity contribution in [3.8, 4) is 44.5 Å². The van der Waals surface area contributed by atoms with Crippen LogP contribution in [0.15, 0.2) is 200 Å². The van der Waals surface area contributed by atoms with E-state index in [2.05, 4.69) is 205 Å². The third-order valence-electron chi connectivity index (χ3n) is 10.7. The maximum absolute atomic E-state index is 2.38. The first-order chi connectivity index (χ1) is 24.9. The van der Waals surface area contributed by atoms with Crippen molar-refractivity contribution in [2.24, 2.45) is 0 Å². The van der Waals surface area contributed by atoms with E-state index in [0.717, 1.165) is 17.1 Å². The van der Waals surface area contributed by atoms with E-state index >= 15 is 0 Å². The van der Waals surface area contributed by atoms with Gasteiger partial charge in [0.25, 0.3) is 0 Å². The van der Waals surface area contributed by atoms with Crippen LogP contribution in [0.5, 0.6) is 0 Å². The van der Waals surface area contributed by atoms with Gasteiger partial charge in [0.2, 0.25) is 0 Å². The van der Waals surface area contributed by atoms with Gasteiger partial charge in [-0.2, -0.15) is 0 Å². The van der Waals surface area contributed by atoms with Crippen molar-refractivity contribution in [3.05, 3.63) is 222 Å². The molecular formula is C49H33N. The summed E-state index contributed by atoms with van der Waals surface area (Å²) in [5, 5.41) is 0. The van der Waals surface area contributed by atoms with Crippen LogP contribution >= 0.6 is 0 Å². The molecule has 1 heteroatoms. The van der Waals surface area contributed by atoms with Crippen LogP contribution in [0.1, 0.15) is 22.3 Å². The summed E-state index contributed by atoms with van der Waals surface area (Å²) in [6.07, 6.45) is 0. The SMILES string of the molecule is c1ccc(N(c2ccccc2)c2ccccc2-c2ccccc2-c2cccc3c2-c2ccccc2C32c3ccccc3-c3ccccc32)cc1. The van der Waals surface area contributed by atoms with Gasteiger partial charge in [-0.3, -0.25) is 0 Å². The van der Waals surface area contributed by atoms with Gasteiger partial charge in [0.15, 0.2) is 0 Å². The Labute approximate surface area is 293 Å². The first-order valence-electron chi connectivity index (χ1n) is 17.4. The van der Waals surface area contributed by atoms with Crippen molar-refractivity contribution < 1.29 is 0 Å². The van der Waals surface area contributed by atoms with Gasteiger partial charge in [0.1, 0.15) is 0 Å². The van der Waals surface area contributed by atoms with Gasteiger partial charge in [-0.15, -0.1) is 0 Å². The minimum Gasteiger partial charge on any atom is -0.310 e. The Morgan fingerprint density at radius 3 is 1.22 bits per heavy atom. The lowest BCUT2D eigenvalue weighted by Crippen LogP contribution is -2.25. The molecule has 234 valence electrons. The highest BCUT2D eigenvalue weighted by Crippen LogP contribution is 2.64. The highest BCUT2D eigenvalue weighted by atomic mass is 15.1. The molecule has 0 aliphatic heterocycles. The van der Waals surface area contributed by atoms with Crippen LogP contribution in [0.2, 0.25) is 0 Å². The number of rotatable bonds is 5. The van der Waals surface area contributed by atoms with Crippen LogP contribution in [0.3, 0.4) is 0 Å². The Bertz CT molecular complexity index is 2460. The molecule has 50 heavy (non-hydrogen) atoms. The number of benzene rings is 8. The monoisotopic (exact) mass is 635 g/mol. The minimum atomic E-state index is -0.376. The van der Waals surface area contributed by atoms with Crippen LogP contribution in [0, 0.1) is 0 Å². The molecule has 2 aliphatic rings. The van der Waals surface area contributed by atoms with Gasteiger partial charge < -0.3 is 4.90 Å². The number of para-hydroxylation sites is 3. The van der Waals surface area contributed by atoms with Crippen molar-refractivity contribution in [2.45, 2.75) is 5.41 Å². The second-order valence-electron chi connectivity index (χ2n) is 13.2. The number of hydrogen-bond acceptors (Lipinski definition) is 1. The number of hydrogen-bond donors (Lipinski definition) is 0. The van der Waals surface area contributed by atoms with E-state index in [9.17, 15) is 0 Å². The quantitative estimate of drug-likeness (QED) is 0.182. The highest BCUT2D eigenvalue weighted by Gasteiger charge is 2.52. The largest absolute Gasteiger partial charge is 0.310 e. The lowest BCUT2D eigenvalue weighted by molar-refractivity contribution is 0.794. The standard InChI is InChI=1S/C49H33N/c1-3-18-34(19-4-1)50(35-20-5-2-6-21-35)47-33-16-12-26-40(47)36-22-7-8-23-37(36)41-28-17-32-46-48(41)42-27-11-15-31-45(42)49(46)43-29-13-9-24-38(43)39-25-10-14-30-44(39)49/h1-33H. The summed E-state index contributed by atoms with van der Waals surface area (Å²) in [6.45, 7) is 0. The van der Waals surface area contributed by atoms with Crippen LogP contribution in [-0.2, 0) is 5.41 Å². The lowest BCUT2D eigenvalue weighted by atomic mass is 9.70. The summed E-state index contributed by atoms with van der Waals surface area (Å²) in [6, 6.07) is 73.3. The molecule has 8 aromatic carbocycles. The average molecular weight is 636 g/mol. The summed E-state index contributed by atoms with van der Waals surface area (Å²) < 4.78 is 0. The van der Waals surface area contributed by atoms with Gasteiger partial charge in [0.05, 0.1) is 11.1 Å². The molecule has 0 aromatic heterocycles. The molecule has 0 heterocycles. The zero-order chi connectivity index (χ0) is 33.1. The van der Waals surface area contributed by atoms with Crippen LogP contribution in [0.25, 0.3) is 44.5 Å². The van der Waals surface area contributed by atoms with Crippen LogP contribution < -0.4 is 4.90 Å². The van der Waals surface area contributed by atoms with Crippen molar-refractivity contribution in [1.29, 1.82) is 0 Å². The third-order valence-corrected chi connectivity index (χ3v) is 10.7. The van der Waals surface area contributed by atoms with Crippen LogP contribution in [-0.4, -0.2) is 0 Å². The highest BCUT2D eigenvalue weighted by molar-refractivity contribution is 6.03. The van der Waals surface area contributed by atoms with E-state index in [4.69, 9.17) is 0 Å². The molecule has 1 nitrogen and oxygen atoms in total. The van der Waals surface area contributed by atoms with Crippen LogP contribution in [0.4, 0.5) is 17.1 Å². The molecule has 0 saturated carbocycles. The zero-order valence-corrected chi connectivity index (χ0v) is 27.5. The third kappa shape index (κ3) is 4.01. The van der Waals surface area contributed by atoms with E-state index in [-0.39, 0.29) is 5.41 Å². The summed E-state index contributed by atoms with van der Waals surface area (Å²) in [7, 11) is 0. The normalized spacial score (nSPS) is 13.0. The van der Waals surface area contributed by atoms with E-state index in [1.807, 2.05) is 0 Å². The molecule has 0 radical (unpaired) electrons. The molecule has 2 aliphatic carbocycles. The number of nitrogens with zero attached hydrogens (tertiary/aromatic N) is 1. The Hall–Kier alpha value is -6.44. The first-order valence-corrected chi connectivity index (χ1v) is 17.4. The molecule has 1 spiro atoms.